The number of amides is 2. The number of carbonyl (C=O) groups excluding carboxylic acids is 1. The molecule has 1 aliphatic rings. The summed E-state index contributed by atoms with van der Waals surface area (Å²) in [6, 6.07) is 8.66. The van der Waals surface area contributed by atoms with Gasteiger partial charge in [0.05, 0.1) is 5.41 Å². The Morgan fingerprint density at radius 3 is 2.38 bits per heavy atom. The van der Waals surface area contributed by atoms with Gasteiger partial charge in [0.25, 0.3) is 10.0 Å². The van der Waals surface area contributed by atoms with E-state index >= 15 is 0 Å². The quantitative estimate of drug-likeness (QED) is 0.933. The van der Waals surface area contributed by atoms with Crippen LogP contribution in [0.1, 0.15) is 31.7 Å². The molecule has 1 heterocycles. The second-order valence-electron chi connectivity index (χ2n) is 5.17. The number of urea groups is 1. The molecule has 0 atom stereocenters. The lowest BCUT2D eigenvalue weighted by Gasteiger charge is -2.26. The van der Waals surface area contributed by atoms with Crippen molar-refractivity contribution in [3.63, 3.8) is 0 Å². The molecule has 1 aliphatic heterocycles. The Morgan fingerprint density at radius 2 is 1.76 bits per heavy atom. The lowest BCUT2D eigenvalue weighted by atomic mass is 10.1. The Labute approximate surface area is 125 Å². The van der Waals surface area contributed by atoms with Crippen LogP contribution >= 0.6 is 0 Å². The Morgan fingerprint density at radius 1 is 1.14 bits per heavy atom. The van der Waals surface area contributed by atoms with E-state index in [0.29, 0.717) is 18.7 Å². The zero-order chi connectivity index (χ0) is 15.3. The second-order valence-corrected chi connectivity index (χ2v) is 6.70. The minimum Gasteiger partial charge on any atom is -0.324 e. The number of piperidine rings is 1. The van der Waals surface area contributed by atoms with Crippen LogP contribution in [0, 0.1) is 0 Å². The number of nitrogens with zero attached hydrogens (tertiary/aromatic N) is 1. The summed E-state index contributed by atoms with van der Waals surface area (Å²) >= 11 is 0. The van der Waals surface area contributed by atoms with Gasteiger partial charge in [-0.25, -0.2) is 17.9 Å². The number of allylic oxidation sites excluding steroid dienone is 1. The monoisotopic (exact) mass is 308 g/mol. The Kier molecular flexibility index (Phi) is 5.01. The highest BCUT2D eigenvalue weighted by molar-refractivity contribution is 7.93. The van der Waals surface area contributed by atoms with Crippen LogP contribution < -0.4 is 4.72 Å². The summed E-state index contributed by atoms with van der Waals surface area (Å²) in [7, 11) is -3.78. The number of rotatable bonds is 3. The Hall–Kier alpha value is -1.82. The number of likely N-dealkylation sites (tertiary alicyclic amines) is 1. The first-order chi connectivity index (χ1) is 9.98. The Bertz CT molecular complexity index is 618. The van der Waals surface area contributed by atoms with E-state index in [-0.39, 0.29) is 0 Å². The van der Waals surface area contributed by atoms with Gasteiger partial charge in [-0.2, -0.15) is 0 Å². The first-order valence-corrected chi connectivity index (χ1v) is 8.58. The minimum atomic E-state index is -3.78. The molecule has 0 aliphatic carbocycles. The Balaban J connectivity index is 2.06. The molecule has 0 saturated carbocycles. The first kappa shape index (κ1) is 15.6. The molecule has 0 bridgehead atoms. The molecule has 1 fully saturated rings. The van der Waals surface area contributed by atoms with E-state index in [1.54, 1.807) is 11.8 Å². The summed E-state index contributed by atoms with van der Waals surface area (Å²) in [6.07, 6.45) is 2.93. The van der Waals surface area contributed by atoms with E-state index < -0.39 is 16.1 Å². The summed E-state index contributed by atoms with van der Waals surface area (Å²) < 4.78 is 26.2. The van der Waals surface area contributed by atoms with Crippen molar-refractivity contribution < 1.29 is 13.2 Å². The van der Waals surface area contributed by atoms with Crippen LogP contribution in [-0.4, -0.2) is 32.4 Å². The molecule has 114 valence electrons. The van der Waals surface area contributed by atoms with Gasteiger partial charge in [-0.15, -0.1) is 0 Å². The number of benzene rings is 1. The summed E-state index contributed by atoms with van der Waals surface area (Å²) in [5, 5.41) is 1.10. The molecule has 0 unspecified atom stereocenters. The van der Waals surface area contributed by atoms with Crippen molar-refractivity contribution in [3.05, 3.63) is 41.3 Å². The van der Waals surface area contributed by atoms with E-state index in [2.05, 4.69) is 4.72 Å². The lowest BCUT2D eigenvalue weighted by molar-refractivity contribution is 0.192. The van der Waals surface area contributed by atoms with E-state index in [1.165, 1.54) is 0 Å². The molecule has 6 heteroatoms. The predicted octanol–water partition coefficient (Wildman–Crippen LogP) is 2.57. The van der Waals surface area contributed by atoms with Crippen LogP contribution in [-0.2, 0) is 10.0 Å². The van der Waals surface area contributed by atoms with Gasteiger partial charge in [-0.05, 0) is 37.3 Å². The highest BCUT2D eigenvalue weighted by Crippen LogP contribution is 2.14. The number of hydrogen-bond acceptors (Lipinski definition) is 3. The fraction of sp³-hybridized carbons (Fsp3) is 0.400. The third-order valence-electron chi connectivity index (χ3n) is 3.43. The molecule has 0 aromatic heterocycles. The second kappa shape index (κ2) is 6.76. The molecule has 1 aromatic carbocycles. The molecule has 1 aromatic rings. The summed E-state index contributed by atoms with van der Waals surface area (Å²) in [5.41, 5.74) is 1.41. The number of carbonyl (C=O) groups is 1. The average Bonchev–Trinajstić information content (AvgIpc) is 2.48. The molecule has 21 heavy (non-hydrogen) atoms. The van der Waals surface area contributed by atoms with Crippen LogP contribution in [0.4, 0.5) is 4.79 Å². The molecule has 2 amide bonds. The predicted molar refractivity (Wildman–Crippen MR) is 83.0 cm³/mol. The van der Waals surface area contributed by atoms with Crippen molar-refractivity contribution in [2.45, 2.75) is 26.2 Å². The van der Waals surface area contributed by atoms with Crippen LogP contribution in [0.15, 0.2) is 35.7 Å². The highest BCUT2D eigenvalue weighted by atomic mass is 32.2. The van der Waals surface area contributed by atoms with Crippen molar-refractivity contribution in [1.29, 1.82) is 0 Å². The fourth-order valence-electron chi connectivity index (χ4n) is 2.31. The third kappa shape index (κ3) is 4.60. The first-order valence-electron chi connectivity index (χ1n) is 7.03. The van der Waals surface area contributed by atoms with E-state index in [1.807, 2.05) is 30.3 Å². The summed E-state index contributed by atoms with van der Waals surface area (Å²) in [5.74, 6) is 0. The van der Waals surface area contributed by atoms with Gasteiger partial charge >= 0.3 is 6.03 Å². The van der Waals surface area contributed by atoms with Crippen molar-refractivity contribution in [1.82, 2.24) is 9.62 Å². The number of sulfonamides is 1. The van der Waals surface area contributed by atoms with Gasteiger partial charge in [0.1, 0.15) is 0 Å². The minimum absolute atomic E-state index is 0.535. The third-order valence-corrected chi connectivity index (χ3v) is 4.56. The zero-order valence-electron chi connectivity index (χ0n) is 12.1. The van der Waals surface area contributed by atoms with Gasteiger partial charge in [0.15, 0.2) is 0 Å². The maximum Gasteiger partial charge on any atom is 0.331 e. The maximum atomic E-state index is 12.0. The van der Waals surface area contributed by atoms with E-state index in [0.717, 1.165) is 30.2 Å². The molecule has 5 nitrogen and oxygen atoms in total. The molecule has 2 rings (SSSR count). The van der Waals surface area contributed by atoms with Gasteiger partial charge in [-0.3, -0.25) is 0 Å². The van der Waals surface area contributed by atoms with Crippen LogP contribution in [0.5, 0.6) is 0 Å². The van der Waals surface area contributed by atoms with Crippen LogP contribution in [0.3, 0.4) is 0 Å². The number of hydrogen-bond donors (Lipinski definition) is 1. The SMILES string of the molecule is CC(=CS(=O)(=O)NC(=O)N1CCCCC1)c1ccccc1. The van der Waals surface area contributed by atoms with Gasteiger partial charge in [0.2, 0.25) is 0 Å². The topological polar surface area (TPSA) is 66.5 Å². The molecule has 1 saturated heterocycles. The van der Waals surface area contributed by atoms with Crippen LogP contribution in [0.25, 0.3) is 5.57 Å². The lowest BCUT2D eigenvalue weighted by Crippen LogP contribution is -2.44. The van der Waals surface area contributed by atoms with Crippen molar-refractivity contribution in [2.24, 2.45) is 0 Å². The molecule has 0 radical (unpaired) electrons. The standard InChI is InChI=1S/C15H20N2O3S/c1-13(14-8-4-2-5-9-14)12-21(19,20)16-15(18)17-10-6-3-7-11-17/h2,4-5,8-9,12H,3,6-7,10-11H2,1H3,(H,16,18). The molecule has 1 N–H and O–H groups in total. The van der Waals surface area contributed by atoms with Crippen molar-refractivity contribution in [3.8, 4) is 0 Å². The molecular weight excluding hydrogens is 288 g/mol. The van der Waals surface area contributed by atoms with Crippen molar-refractivity contribution >= 4 is 21.6 Å². The largest absolute Gasteiger partial charge is 0.331 e. The fourth-order valence-corrected chi connectivity index (χ4v) is 3.35. The normalized spacial score (nSPS) is 16.6. The van der Waals surface area contributed by atoms with Gasteiger partial charge < -0.3 is 4.90 Å². The van der Waals surface area contributed by atoms with Gasteiger partial charge in [0, 0.05) is 13.1 Å². The highest BCUT2D eigenvalue weighted by Gasteiger charge is 2.20. The number of nitrogens with one attached hydrogen (secondary N) is 1. The van der Waals surface area contributed by atoms with Crippen molar-refractivity contribution in [2.75, 3.05) is 13.1 Å². The van der Waals surface area contributed by atoms with E-state index in [9.17, 15) is 13.2 Å². The molecular formula is C15H20N2O3S. The zero-order valence-corrected chi connectivity index (χ0v) is 12.9. The van der Waals surface area contributed by atoms with Gasteiger partial charge in [-0.1, -0.05) is 30.3 Å². The molecule has 0 spiro atoms. The van der Waals surface area contributed by atoms with E-state index in [4.69, 9.17) is 0 Å². The summed E-state index contributed by atoms with van der Waals surface area (Å²) in [4.78, 5) is 13.5. The average molecular weight is 308 g/mol. The maximum absolute atomic E-state index is 12.0. The smallest absolute Gasteiger partial charge is 0.324 e. The van der Waals surface area contributed by atoms with Crippen LogP contribution in [0.2, 0.25) is 0 Å². The summed E-state index contributed by atoms with van der Waals surface area (Å²) in [6.45, 7) is 2.94.